The molecule has 2 heterocycles. The summed E-state index contributed by atoms with van der Waals surface area (Å²) in [4.78, 5) is 33.1. The van der Waals surface area contributed by atoms with Crippen molar-refractivity contribution in [1.82, 2.24) is 19.5 Å². The van der Waals surface area contributed by atoms with Crippen LogP contribution in [0.4, 0.5) is 5.82 Å². The fraction of sp³-hybridized carbons (Fsp3) is 0.261. The molecule has 13 nitrogen and oxygen atoms in total. The average Bonchev–Trinajstić information content (AvgIpc) is 3.31. The molecule has 17 heteroatoms. The zero-order valence-corrected chi connectivity index (χ0v) is 23.8. The van der Waals surface area contributed by atoms with Crippen LogP contribution in [-0.4, -0.2) is 42.5 Å². The summed E-state index contributed by atoms with van der Waals surface area (Å²) in [5.74, 6) is -0.449. The van der Waals surface area contributed by atoms with Crippen LogP contribution in [0.15, 0.2) is 61.2 Å². The van der Waals surface area contributed by atoms with Crippen molar-refractivity contribution < 1.29 is 37.0 Å². The molecule has 1 fully saturated rings. The summed E-state index contributed by atoms with van der Waals surface area (Å²) in [6.07, 6.45) is 3.28. The Kier molecular flexibility index (Phi) is 8.37. The van der Waals surface area contributed by atoms with E-state index in [9.17, 15) is 18.9 Å². The summed E-state index contributed by atoms with van der Waals surface area (Å²) in [6.45, 7) is -0.461. The van der Waals surface area contributed by atoms with Gasteiger partial charge in [-0.15, -0.1) is 0 Å². The molecule has 212 valence electrons. The quantitative estimate of drug-likeness (QED) is 0.183. The van der Waals surface area contributed by atoms with E-state index in [1.54, 1.807) is 4.57 Å². The van der Waals surface area contributed by atoms with Crippen LogP contribution in [0.3, 0.4) is 0 Å². The molecule has 2 aromatic heterocycles. The van der Waals surface area contributed by atoms with Gasteiger partial charge in [-0.2, -0.15) is 0 Å². The van der Waals surface area contributed by atoms with E-state index < -0.39 is 21.6 Å². The van der Waals surface area contributed by atoms with Crippen molar-refractivity contribution in [2.45, 2.75) is 12.5 Å². The normalized spacial score (nSPS) is 21.8. The standard InChI is InChI=1S/C23H23Cl2N5O8P2/c24-15-1-5-17(6-2-15)37-39(31,32)35-10-14-9-20(30-13-29-21-22(26)27-12-28-23(21)30)19(14)11-36-40(33,34)38-18-7-3-16(25)4-8-18/h1-8,12-14,19-20H,9-11H2,(H,31,32)(H,33,34)(H2,26,27,28)/t14-,19-,20-/m1/s1. The molecule has 5 atom stereocenters. The molecule has 4 N–H and O–H groups in total. The minimum Gasteiger partial charge on any atom is -0.404 e. The van der Waals surface area contributed by atoms with Crippen LogP contribution >= 0.6 is 38.8 Å². The number of phosphoric ester groups is 2. The molecule has 0 aliphatic heterocycles. The predicted octanol–water partition coefficient (Wildman–Crippen LogP) is 5.28. The molecular formula is C23H23Cl2N5O8P2. The van der Waals surface area contributed by atoms with E-state index in [0.717, 1.165) is 0 Å². The second-order valence-corrected chi connectivity index (χ2v) is 12.6. The second-order valence-electron chi connectivity index (χ2n) is 8.93. The number of phosphoric acid groups is 2. The van der Waals surface area contributed by atoms with Gasteiger partial charge < -0.3 is 19.3 Å². The minimum atomic E-state index is -4.54. The first-order chi connectivity index (χ1) is 19.0. The SMILES string of the molecule is Nc1ncnc2c1ncn2[C@@H]1C[C@H](COP(=O)(O)Oc2ccc(Cl)cc2)[C@H]1COP(=O)(O)Oc1ccc(Cl)cc1. The zero-order valence-electron chi connectivity index (χ0n) is 20.5. The van der Waals surface area contributed by atoms with Crippen LogP contribution in [0, 0.1) is 11.8 Å². The third-order valence-electron chi connectivity index (χ3n) is 6.34. The molecule has 2 unspecified atom stereocenters. The lowest BCUT2D eigenvalue weighted by molar-refractivity contribution is -0.00444. The van der Waals surface area contributed by atoms with Crippen LogP contribution in [0.1, 0.15) is 12.5 Å². The van der Waals surface area contributed by atoms with E-state index in [2.05, 4.69) is 15.0 Å². The van der Waals surface area contributed by atoms with Crippen LogP contribution in [0.25, 0.3) is 11.2 Å². The highest BCUT2D eigenvalue weighted by molar-refractivity contribution is 7.48. The number of hydrogen-bond acceptors (Lipinski definition) is 10. The summed E-state index contributed by atoms with van der Waals surface area (Å²) < 4.78 is 47.9. The Balaban J connectivity index is 1.30. The van der Waals surface area contributed by atoms with Crippen molar-refractivity contribution in [2.75, 3.05) is 18.9 Å². The maximum Gasteiger partial charge on any atom is 0.527 e. The monoisotopic (exact) mass is 629 g/mol. The minimum absolute atomic E-state index is 0.0913. The first-order valence-electron chi connectivity index (χ1n) is 11.8. The van der Waals surface area contributed by atoms with E-state index >= 15 is 0 Å². The van der Waals surface area contributed by atoms with Crippen molar-refractivity contribution in [3.63, 3.8) is 0 Å². The van der Waals surface area contributed by atoms with E-state index in [4.69, 9.17) is 47.0 Å². The molecule has 2 aromatic carbocycles. The highest BCUT2D eigenvalue weighted by Crippen LogP contribution is 2.52. The Labute approximate surface area is 238 Å². The van der Waals surface area contributed by atoms with Crippen molar-refractivity contribution in [2.24, 2.45) is 11.8 Å². The Morgan fingerprint density at radius 2 is 1.43 bits per heavy atom. The molecule has 1 aliphatic rings. The number of rotatable bonds is 11. The van der Waals surface area contributed by atoms with Crippen molar-refractivity contribution >= 4 is 55.8 Å². The topological polar surface area (TPSA) is 181 Å². The molecule has 0 bridgehead atoms. The van der Waals surface area contributed by atoms with Gasteiger partial charge in [0.2, 0.25) is 0 Å². The van der Waals surface area contributed by atoms with Crippen LogP contribution in [0.5, 0.6) is 11.5 Å². The summed E-state index contributed by atoms with van der Waals surface area (Å²) in [7, 11) is -9.04. The molecule has 5 rings (SSSR count). The number of nitrogens with zero attached hydrogens (tertiary/aromatic N) is 4. The second kappa shape index (κ2) is 11.6. The summed E-state index contributed by atoms with van der Waals surface area (Å²) >= 11 is 11.7. The maximum absolute atomic E-state index is 12.7. The lowest BCUT2D eigenvalue weighted by Crippen LogP contribution is -2.43. The molecule has 0 amide bonds. The summed E-state index contributed by atoms with van der Waals surface area (Å²) in [5.41, 5.74) is 6.77. The summed E-state index contributed by atoms with van der Waals surface area (Å²) in [5, 5.41) is 0.865. The van der Waals surface area contributed by atoms with E-state index in [0.29, 0.717) is 27.6 Å². The fourth-order valence-corrected chi connectivity index (χ4v) is 6.20. The number of imidazole rings is 1. The van der Waals surface area contributed by atoms with Gasteiger partial charge in [-0.05, 0) is 60.9 Å². The fourth-order valence-electron chi connectivity index (χ4n) is 4.33. The number of anilines is 1. The van der Waals surface area contributed by atoms with Crippen molar-refractivity contribution in [3.05, 3.63) is 71.2 Å². The highest BCUT2D eigenvalue weighted by atomic mass is 35.5. The molecular weight excluding hydrogens is 607 g/mol. The van der Waals surface area contributed by atoms with Crippen LogP contribution in [-0.2, 0) is 18.2 Å². The number of hydrogen-bond donors (Lipinski definition) is 3. The number of benzene rings is 2. The third-order valence-corrected chi connectivity index (χ3v) is 8.68. The number of nitrogens with two attached hydrogens (primary N) is 1. The number of halogens is 2. The van der Waals surface area contributed by atoms with Gasteiger partial charge in [0, 0.05) is 22.0 Å². The Bertz CT molecular complexity index is 1590. The Hall–Kier alpha value is -2.73. The number of aromatic nitrogens is 4. The Morgan fingerprint density at radius 1 is 0.875 bits per heavy atom. The highest BCUT2D eigenvalue weighted by Gasteiger charge is 2.45. The van der Waals surface area contributed by atoms with Gasteiger partial charge in [0.25, 0.3) is 0 Å². The lowest BCUT2D eigenvalue weighted by atomic mass is 9.70. The third kappa shape index (κ3) is 6.76. The first-order valence-corrected chi connectivity index (χ1v) is 15.5. The lowest BCUT2D eigenvalue weighted by Gasteiger charge is -2.45. The first kappa shape index (κ1) is 28.8. The largest absolute Gasteiger partial charge is 0.527 e. The van der Waals surface area contributed by atoms with Gasteiger partial charge in [0.05, 0.1) is 19.5 Å². The molecule has 0 saturated heterocycles. The maximum atomic E-state index is 12.7. The van der Waals surface area contributed by atoms with Crippen molar-refractivity contribution in [3.8, 4) is 11.5 Å². The van der Waals surface area contributed by atoms with Gasteiger partial charge in [0.1, 0.15) is 23.3 Å². The van der Waals surface area contributed by atoms with Gasteiger partial charge in [-0.25, -0.2) is 24.1 Å². The molecule has 1 aliphatic carbocycles. The Morgan fingerprint density at radius 3 is 2.00 bits per heavy atom. The molecule has 40 heavy (non-hydrogen) atoms. The van der Waals surface area contributed by atoms with Gasteiger partial charge in [-0.1, -0.05) is 23.2 Å². The van der Waals surface area contributed by atoms with Crippen molar-refractivity contribution in [1.29, 1.82) is 0 Å². The molecule has 1 saturated carbocycles. The van der Waals surface area contributed by atoms with E-state index in [1.807, 2.05) is 0 Å². The van der Waals surface area contributed by atoms with Gasteiger partial charge in [0.15, 0.2) is 11.5 Å². The predicted molar refractivity (Wildman–Crippen MR) is 146 cm³/mol. The molecule has 4 aromatic rings. The van der Waals surface area contributed by atoms with E-state index in [-0.39, 0.29) is 42.5 Å². The van der Waals surface area contributed by atoms with Crippen LogP contribution < -0.4 is 14.8 Å². The smallest absolute Gasteiger partial charge is 0.404 e. The number of nitrogen functional groups attached to an aromatic ring is 1. The van der Waals surface area contributed by atoms with Gasteiger partial charge >= 0.3 is 15.6 Å². The van der Waals surface area contributed by atoms with Gasteiger partial charge in [-0.3, -0.25) is 18.8 Å². The zero-order chi connectivity index (χ0) is 28.5. The molecule has 0 radical (unpaired) electrons. The van der Waals surface area contributed by atoms with Crippen LogP contribution in [0.2, 0.25) is 10.0 Å². The molecule has 0 spiro atoms. The average molecular weight is 630 g/mol. The summed E-state index contributed by atoms with van der Waals surface area (Å²) in [6, 6.07) is 11.4. The number of fused-ring (bicyclic) bond motifs is 1. The van der Waals surface area contributed by atoms with E-state index in [1.165, 1.54) is 61.2 Å².